The molecule has 12 aromatic rings. The van der Waals surface area contributed by atoms with E-state index in [0.29, 0.717) is 5.95 Å². The molecule has 1 aliphatic carbocycles. The van der Waals surface area contributed by atoms with Crippen LogP contribution in [0.3, 0.4) is 0 Å². The summed E-state index contributed by atoms with van der Waals surface area (Å²) in [6, 6.07) is 66.2. The lowest BCUT2D eigenvalue weighted by Crippen LogP contribution is -2.14. The largest absolute Gasteiger partial charge is 0.309 e. The molecule has 4 nitrogen and oxygen atoms in total. The lowest BCUT2D eigenvalue weighted by molar-refractivity contribution is 0.661. The first kappa shape index (κ1) is 32.5. The molecule has 4 heteroatoms. The van der Waals surface area contributed by atoms with Crippen molar-refractivity contribution in [1.29, 1.82) is 0 Å². The van der Waals surface area contributed by atoms with Crippen molar-refractivity contribution in [2.45, 2.75) is 19.3 Å². The van der Waals surface area contributed by atoms with E-state index < -0.39 is 0 Å². The van der Waals surface area contributed by atoms with Gasteiger partial charge in [0.25, 0.3) is 0 Å². The molecule has 0 fully saturated rings. The van der Waals surface area contributed by atoms with Crippen molar-refractivity contribution in [2.24, 2.45) is 0 Å². The molecular formula is C55H36N4. The number of rotatable bonds is 3. The summed E-state index contributed by atoms with van der Waals surface area (Å²) in [5.41, 5.74) is 14.0. The van der Waals surface area contributed by atoms with Crippen LogP contribution in [0.2, 0.25) is 0 Å². The van der Waals surface area contributed by atoms with Crippen LogP contribution in [0.25, 0.3) is 110 Å². The molecule has 59 heavy (non-hydrogen) atoms. The van der Waals surface area contributed by atoms with Crippen molar-refractivity contribution in [3.05, 3.63) is 193 Å². The number of hydrogen-bond acceptors (Lipinski definition) is 2. The molecule has 9 aromatic carbocycles. The molecule has 1 aliphatic rings. The van der Waals surface area contributed by atoms with E-state index in [9.17, 15) is 0 Å². The Morgan fingerprint density at radius 3 is 1.90 bits per heavy atom. The van der Waals surface area contributed by atoms with Crippen molar-refractivity contribution >= 4 is 76.1 Å². The lowest BCUT2D eigenvalue weighted by atomic mass is 9.82. The predicted octanol–water partition coefficient (Wildman–Crippen LogP) is 14.1. The van der Waals surface area contributed by atoms with Crippen molar-refractivity contribution in [1.82, 2.24) is 19.1 Å². The average Bonchev–Trinajstić information content (AvgIpc) is 3.88. The number of para-hydroxylation sites is 3. The van der Waals surface area contributed by atoms with Crippen LogP contribution in [0, 0.1) is 0 Å². The number of fused-ring (bicyclic) bond motifs is 14. The molecule has 0 saturated carbocycles. The van der Waals surface area contributed by atoms with E-state index >= 15 is 0 Å². The topological polar surface area (TPSA) is 35.6 Å². The number of nitrogens with zero attached hydrogens (tertiary/aromatic N) is 4. The molecule has 0 amide bonds. The molecule has 3 aromatic heterocycles. The zero-order valence-corrected chi connectivity index (χ0v) is 32.6. The van der Waals surface area contributed by atoms with E-state index in [1.807, 2.05) is 0 Å². The molecule has 0 spiro atoms. The quantitative estimate of drug-likeness (QED) is 0.169. The van der Waals surface area contributed by atoms with Crippen LogP contribution < -0.4 is 0 Å². The third kappa shape index (κ3) is 4.43. The van der Waals surface area contributed by atoms with Gasteiger partial charge in [-0.25, -0.2) is 9.97 Å². The summed E-state index contributed by atoms with van der Waals surface area (Å²) in [6.07, 6.45) is 0. The first-order valence-corrected chi connectivity index (χ1v) is 20.4. The second kappa shape index (κ2) is 11.7. The van der Waals surface area contributed by atoms with Crippen molar-refractivity contribution in [3.8, 4) is 34.0 Å². The van der Waals surface area contributed by atoms with Crippen LogP contribution in [-0.2, 0) is 5.41 Å². The molecule has 0 atom stereocenters. The first-order chi connectivity index (χ1) is 29.0. The highest BCUT2D eigenvalue weighted by molar-refractivity contribution is 6.17. The smallest absolute Gasteiger partial charge is 0.235 e. The van der Waals surface area contributed by atoms with Gasteiger partial charge >= 0.3 is 0 Å². The molecule has 276 valence electrons. The van der Waals surface area contributed by atoms with Gasteiger partial charge in [0.2, 0.25) is 5.95 Å². The minimum absolute atomic E-state index is 0.0688. The van der Waals surface area contributed by atoms with Gasteiger partial charge in [-0.05, 0) is 93.0 Å². The minimum Gasteiger partial charge on any atom is -0.309 e. The Morgan fingerprint density at radius 1 is 0.407 bits per heavy atom. The van der Waals surface area contributed by atoms with Crippen LogP contribution in [0.4, 0.5) is 0 Å². The third-order valence-corrected chi connectivity index (χ3v) is 13.1. The third-order valence-electron chi connectivity index (χ3n) is 13.1. The van der Waals surface area contributed by atoms with Crippen molar-refractivity contribution in [3.63, 3.8) is 0 Å². The Morgan fingerprint density at radius 2 is 1.07 bits per heavy atom. The highest BCUT2D eigenvalue weighted by Crippen LogP contribution is 2.52. The summed E-state index contributed by atoms with van der Waals surface area (Å²) in [7, 11) is 0. The molecule has 0 N–H and O–H groups in total. The van der Waals surface area contributed by atoms with Gasteiger partial charge in [-0.1, -0.05) is 141 Å². The Hall–Kier alpha value is -7.56. The van der Waals surface area contributed by atoms with Crippen molar-refractivity contribution < 1.29 is 0 Å². The lowest BCUT2D eigenvalue weighted by Gasteiger charge is -2.21. The van der Waals surface area contributed by atoms with Gasteiger partial charge in [-0.15, -0.1) is 0 Å². The zero-order chi connectivity index (χ0) is 39.0. The van der Waals surface area contributed by atoms with Crippen LogP contribution in [-0.4, -0.2) is 19.1 Å². The molecule has 0 bridgehead atoms. The molecule has 0 aliphatic heterocycles. The SMILES string of the molecule is CC1(C)c2ccccc2-c2c1ccc1cc3c(cc21)c1ccccc1n3-c1nc(-c2ccc3c(c2)c2ccccc2n3-c2ccccc2)c2ccc3ccccc3c2n1. The minimum atomic E-state index is -0.0688. The van der Waals surface area contributed by atoms with Crippen LogP contribution in [0.1, 0.15) is 25.0 Å². The number of benzene rings is 9. The number of aromatic nitrogens is 4. The van der Waals surface area contributed by atoms with E-state index in [2.05, 4.69) is 205 Å². The van der Waals surface area contributed by atoms with Crippen LogP contribution in [0.15, 0.2) is 182 Å². The van der Waals surface area contributed by atoms with Gasteiger partial charge < -0.3 is 4.57 Å². The molecule has 0 radical (unpaired) electrons. The summed E-state index contributed by atoms with van der Waals surface area (Å²) in [5.74, 6) is 0.661. The Labute approximate surface area is 340 Å². The van der Waals surface area contributed by atoms with E-state index in [-0.39, 0.29) is 5.41 Å². The molecule has 0 saturated heterocycles. The Bertz CT molecular complexity index is 3750. The van der Waals surface area contributed by atoms with Gasteiger partial charge in [0.1, 0.15) is 0 Å². The fourth-order valence-electron chi connectivity index (χ4n) is 10.4. The maximum absolute atomic E-state index is 5.60. The summed E-state index contributed by atoms with van der Waals surface area (Å²) >= 11 is 0. The summed E-state index contributed by atoms with van der Waals surface area (Å²) in [6.45, 7) is 4.70. The van der Waals surface area contributed by atoms with Gasteiger partial charge in [0, 0.05) is 49.0 Å². The van der Waals surface area contributed by atoms with Crippen LogP contribution in [0.5, 0.6) is 0 Å². The molecule has 13 rings (SSSR count). The summed E-state index contributed by atoms with van der Waals surface area (Å²) in [4.78, 5) is 11.1. The number of hydrogen-bond donors (Lipinski definition) is 0. The van der Waals surface area contributed by atoms with Crippen molar-refractivity contribution in [2.75, 3.05) is 0 Å². The predicted molar refractivity (Wildman–Crippen MR) is 246 cm³/mol. The normalized spacial score (nSPS) is 13.4. The van der Waals surface area contributed by atoms with Gasteiger partial charge in [-0.2, -0.15) is 0 Å². The summed E-state index contributed by atoms with van der Waals surface area (Å²) in [5, 5.41) is 10.6. The van der Waals surface area contributed by atoms with Gasteiger partial charge in [-0.3, -0.25) is 4.57 Å². The van der Waals surface area contributed by atoms with Crippen LogP contribution >= 0.6 is 0 Å². The Balaban J connectivity index is 1.11. The first-order valence-electron chi connectivity index (χ1n) is 20.4. The second-order valence-corrected chi connectivity index (χ2v) is 16.6. The van der Waals surface area contributed by atoms with E-state index in [1.54, 1.807) is 0 Å². The molecular weight excluding hydrogens is 717 g/mol. The van der Waals surface area contributed by atoms with Gasteiger partial charge in [0.05, 0.1) is 33.3 Å². The zero-order valence-electron chi connectivity index (χ0n) is 32.6. The second-order valence-electron chi connectivity index (χ2n) is 16.6. The summed E-state index contributed by atoms with van der Waals surface area (Å²) < 4.78 is 4.66. The van der Waals surface area contributed by atoms with Gasteiger partial charge in [0.15, 0.2) is 0 Å². The monoisotopic (exact) mass is 752 g/mol. The fourth-order valence-corrected chi connectivity index (χ4v) is 10.4. The van der Waals surface area contributed by atoms with E-state index in [4.69, 9.17) is 9.97 Å². The highest BCUT2D eigenvalue weighted by atomic mass is 15.2. The highest BCUT2D eigenvalue weighted by Gasteiger charge is 2.36. The van der Waals surface area contributed by atoms with E-state index in [1.165, 1.54) is 60.1 Å². The van der Waals surface area contributed by atoms with E-state index in [0.717, 1.165) is 55.2 Å². The average molecular weight is 753 g/mol. The maximum atomic E-state index is 5.60. The molecule has 0 unspecified atom stereocenters. The molecule has 3 heterocycles. The standard InChI is InChI=1S/C55H36N4/c1-55(2)45-21-11-8-20-40(45)51-42-32-44-39-19-10-13-23-48(39)59(50(44)31-34(42)25-28-46(51)55)54-56-52(41-27-24-33-14-6-7-17-37(33)53(41)57-54)35-26-29-49-43(30-35)38-18-9-12-22-47(38)58(49)36-15-4-3-5-16-36/h3-32H,1-2H3. The maximum Gasteiger partial charge on any atom is 0.235 e. The Kier molecular flexibility index (Phi) is 6.48. The fraction of sp³-hybridized carbons (Fsp3) is 0.0545.